The number of carbonyl (C=O) groups is 1. The number of hydrogen-bond acceptors (Lipinski definition) is 3. The third-order valence-corrected chi connectivity index (χ3v) is 3.93. The van der Waals surface area contributed by atoms with Crippen LogP contribution in [0.3, 0.4) is 0 Å². The van der Waals surface area contributed by atoms with Crippen LogP contribution in [-0.4, -0.2) is 32.1 Å². The SMILES string of the molecule is CCCN(CC(=O)NC)c1ccc(CNC2CC2)cc1Cl. The minimum atomic E-state index is -0.000932. The van der Waals surface area contributed by atoms with E-state index in [-0.39, 0.29) is 5.91 Å². The van der Waals surface area contributed by atoms with Gasteiger partial charge in [-0.2, -0.15) is 0 Å². The van der Waals surface area contributed by atoms with E-state index in [1.165, 1.54) is 18.4 Å². The van der Waals surface area contributed by atoms with Crippen LogP contribution < -0.4 is 15.5 Å². The van der Waals surface area contributed by atoms with E-state index in [2.05, 4.69) is 23.6 Å². The van der Waals surface area contributed by atoms with Crippen molar-refractivity contribution in [3.8, 4) is 0 Å². The summed E-state index contributed by atoms with van der Waals surface area (Å²) in [4.78, 5) is 13.7. The lowest BCUT2D eigenvalue weighted by atomic mass is 10.2. The van der Waals surface area contributed by atoms with Crippen LogP contribution >= 0.6 is 11.6 Å². The molecule has 1 aromatic carbocycles. The van der Waals surface area contributed by atoms with Gasteiger partial charge >= 0.3 is 0 Å². The van der Waals surface area contributed by atoms with Gasteiger partial charge in [0.05, 0.1) is 17.3 Å². The first kappa shape index (κ1) is 16.1. The van der Waals surface area contributed by atoms with E-state index >= 15 is 0 Å². The quantitative estimate of drug-likeness (QED) is 0.775. The van der Waals surface area contributed by atoms with E-state index in [1.807, 2.05) is 17.0 Å². The van der Waals surface area contributed by atoms with Crippen LogP contribution in [0.1, 0.15) is 31.7 Å². The summed E-state index contributed by atoms with van der Waals surface area (Å²) in [6.45, 7) is 4.10. The highest BCUT2D eigenvalue weighted by molar-refractivity contribution is 6.33. The van der Waals surface area contributed by atoms with Crippen LogP contribution in [0.5, 0.6) is 0 Å². The van der Waals surface area contributed by atoms with E-state index in [9.17, 15) is 4.79 Å². The number of likely N-dealkylation sites (N-methyl/N-ethyl adjacent to an activating group) is 1. The van der Waals surface area contributed by atoms with Crippen molar-refractivity contribution in [3.05, 3.63) is 28.8 Å². The minimum absolute atomic E-state index is 0.000932. The van der Waals surface area contributed by atoms with Crippen LogP contribution in [0, 0.1) is 0 Å². The molecular weight excluding hydrogens is 286 g/mol. The molecule has 1 aromatic rings. The van der Waals surface area contributed by atoms with Gasteiger partial charge in [-0.15, -0.1) is 0 Å². The largest absolute Gasteiger partial charge is 0.361 e. The number of halogens is 1. The fourth-order valence-corrected chi connectivity index (χ4v) is 2.60. The maximum Gasteiger partial charge on any atom is 0.239 e. The van der Waals surface area contributed by atoms with Crippen molar-refractivity contribution < 1.29 is 4.79 Å². The van der Waals surface area contributed by atoms with E-state index < -0.39 is 0 Å². The Hall–Kier alpha value is -1.26. The molecule has 21 heavy (non-hydrogen) atoms. The van der Waals surface area contributed by atoms with Gasteiger partial charge in [0.25, 0.3) is 0 Å². The molecule has 0 spiro atoms. The lowest BCUT2D eigenvalue weighted by Gasteiger charge is -2.24. The van der Waals surface area contributed by atoms with Gasteiger partial charge in [-0.05, 0) is 37.0 Å². The van der Waals surface area contributed by atoms with E-state index in [0.717, 1.165) is 25.2 Å². The topological polar surface area (TPSA) is 44.4 Å². The van der Waals surface area contributed by atoms with Crippen molar-refractivity contribution in [2.24, 2.45) is 0 Å². The molecule has 1 aliphatic rings. The predicted octanol–water partition coefficient (Wildman–Crippen LogP) is 2.55. The summed E-state index contributed by atoms with van der Waals surface area (Å²) in [5, 5.41) is 6.85. The molecule has 5 heteroatoms. The Morgan fingerprint density at radius 3 is 2.76 bits per heavy atom. The Balaban J connectivity index is 2.05. The molecule has 0 unspecified atom stereocenters. The summed E-state index contributed by atoms with van der Waals surface area (Å²) in [5.41, 5.74) is 2.12. The average molecular weight is 310 g/mol. The number of benzene rings is 1. The zero-order chi connectivity index (χ0) is 15.2. The van der Waals surface area contributed by atoms with E-state index in [0.29, 0.717) is 17.6 Å². The Kier molecular flexibility index (Phi) is 5.88. The van der Waals surface area contributed by atoms with Gasteiger partial charge in [0.2, 0.25) is 5.91 Å². The van der Waals surface area contributed by atoms with Crippen LogP contribution in [-0.2, 0) is 11.3 Å². The van der Waals surface area contributed by atoms with Crippen LogP contribution in [0.4, 0.5) is 5.69 Å². The second kappa shape index (κ2) is 7.66. The molecule has 4 nitrogen and oxygen atoms in total. The molecule has 116 valence electrons. The maximum atomic E-state index is 11.6. The van der Waals surface area contributed by atoms with Gasteiger partial charge in [0.15, 0.2) is 0 Å². The molecule has 2 rings (SSSR count). The molecule has 1 aliphatic carbocycles. The Morgan fingerprint density at radius 2 is 2.19 bits per heavy atom. The molecule has 0 heterocycles. The molecule has 1 amide bonds. The van der Waals surface area contributed by atoms with Crippen molar-refractivity contribution in [1.29, 1.82) is 0 Å². The van der Waals surface area contributed by atoms with Gasteiger partial charge in [0, 0.05) is 26.2 Å². The summed E-state index contributed by atoms with van der Waals surface area (Å²) in [5.74, 6) is -0.000932. The van der Waals surface area contributed by atoms with Crippen LogP contribution in [0.25, 0.3) is 0 Å². The average Bonchev–Trinajstić information content (AvgIpc) is 3.29. The van der Waals surface area contributed by atoms with Gasteiger partial charge in [-0.3, -0.25) is 4.79 Å². The second-order valence-electron chi connectivity index (χ2n) is 5.54. The van der Waals surface area contributed by atoms with Crippen molar-refractivity contribution in [2.45, 2.75) is 38.8 Å². The molecule has 0 aromatic heterocycles. The van der Waals surface area contributed by atoms with Crippen LogP contribution in [0.15, 0.2) is 18.2 Å². The third kappa shape index (κ3) is 4.90. The molecule has 1 fully saturated rings. The number of amides is 1. The fourth-order valence-electron chi connectivity index (χ4n) is 2.27. The first-order valence-electron chi connectivity index (χ1n) is 7.61. The van der Waals surface area contributed by atoms with Gasteiger partial charge in [-0.25, -0.2) is 0 Å². The minimum Gasteiger partial charge on any atom is -0.361 e. The molecule has 0 atom stereocenters. The smallest absolute Gasteiger partial charge is 0.239 e. The summed E-state index contributed by atoms with van der Waals surface area (Å²) < 4.78 is 0. The number of carbonyl (C=O) groups excluding carboxylic acids is 1. The predicted molar refractivity (Wildman–Crippen MR) is 87.9 cm³/mol. The Labute approximate surface area is 131 Å². The Bertz CT molecular complexity index is 488. The Morgan fingerprint density at radius 1 is 1.43 bits per heavy atom. The molecule has 0 bridgehead atoms. The summed E-state index contributed by atoms with van der Waals surface area (Å²) >= 11 is 6.42. The highest BCUT2D eigenvalue weighted by Gasteiger charge is 2.20. The third-order valence-electron chi connectivity index (χ3n) is 3.63. The molecule has 2 N–H and O–H groups in total. The number of rotatable bonds is 8. The van der Waals surface area contributed by atoms with E-state index in [1.54, 1.807) is 7.05 Å². The van der Waals surface area contributed by atoms with Gasteiger partial charge in [0.1, 0.15) is 0 Å². The number of anilines is 1. The van der Waals surface area contributed by atoms with Crippen molar-refractivity contribution in [3.63, 3.8) is 0 Å². The monoisotopic (exact) mass is 309 g/mol. The van der Waals surface area contributed by atoms with Crippen LogP contribution in [0.2, 0.25) is 5.02 Å². The summed E-state index contributed by atoms with van der Waals surface area (Å²) in [6, 6.07) is 6.79. The number of nitrogens with one attached hydrogen (secondary N) is 2. The summed E-state index contributed by atoms with van der Waals surface area (Å²) in [6.07, 6.45) is 3.53. The first-order chi connectivity index (χ1) is 10.1. The lowest BCUT2D eigenvalue weighted by molar-refractivity contribution is -0.119. The normalized spacial score (nSPS) is 14.0. The van der Waals surface area contributed by atoms with Gasteiger partial charge in [-0.1, -0.05) is 24.6 Å². The van der Waals surface area contributed by atoms with Crippen molar-refractivity contribution in [1.82, 2.24) is 10.6 Å². The maximum absolute atomic E-state index is 11.6. The molecular formula is C16H24ClN3O. The number of hydrogen-bond donors (Lipinski definition) is 2. The highest BCUT2D eigenvalue weighted by atomic mass is 35.5. The zero-order valence-corrected chi connectivity index (χ0v) is 13.5. The van der Waals surface area contributed by atoms with Gasteiger partial charge < -0.3 is 15.5 Å². The fraction of sp³-hybridized carbons (Fsp3) is 0.562. The highest BCUT2D eigenvalue weighted by Crippen LogP contribution is 2.27. The van der Waals surface area contributed by atoms with Crippen molar-refractivity contribution in [2.75, 3.05) is 25.0 Å². The standard InChI is InChI=1S/C16H24ClN3O/c1-3-8-20(11-16(21)18-2)15-7-4-12(9-14(15)17)10-19-13-5-6-13/h4,7,9,13,19H,3,5-6,8,10-11H2,1-2H3,(H,18,21). The van der Waals surface area contributed by atoms with E-state index in [4.69, 9.17) is 11.6 Å². The lowest BCUT2D eigenvalue weighted by Crippen LogP contribution is -2.36. The second-order valence-corrected chi connectivity index (χ2v) is 5.94. The molecule has 0 saturated heterocycles. The summed E-state index contributed by atoms with van der Waals surface area (Å²) in [7, 11) is 1.65. The number of nitrogens with zero attached hydrogens (tertiary/aromatic N) is 1. The van der Waals surface area contributed by atoms with Crippen molar-refractivity contribution >= 4 is 23.2 Å². The zero-order valence-electron chi connectivity index (χ0n) is 12.8. The molecule has 1 saturated carbocycles. The first-order valence-corrected chi connectivity index (χ1v) is 7.99. The molecule has 0 radical (unpaired) electrons. The molecule has 0 aliphatic heterocycles.